The van der Waals surface area contributed by atoms with Gasteiger partial charge in [0.1, 0.15) is 9.39 Å². The van der Waals surface area contributed by atoms with Gasteiger partial charge in [-0.05, 0) is 57.7 Å². The molecule has 3 nitrogen and oxygen atoms in total. The fraction of sp³-hybridized carbons (Fsp3) is 0.444. The van der Waals surface area contributed by atoms with Gasteiger partial charge in [-0.3, -0.25) is 0 Å². The summed E-state index contributed by atoms with van der Waals surface area (Å²) in [6, 6.07) is 1.93. The molecule has 1 rings (SSSR count). The number of pyridine rings is 1. The Labute approximate surface area is 111 Å². The van der Waals surface area contributed by atoms with E-state index in [1.54, 1.807) is 7.11 Å². The summed E-state index contributed by atoms with van der Waals surface area (Å²) in [5.41, 5.74) is 6.81. The standard InChI is InChI=1S/C9H12I2N2O/c1-3-6(12)8-9(14-2)5(10)4-7(11)13-8/h4,6H,3,12H2,1-2H3. The van der Waals surface area contributed by atoms with Crippen molar-refractivity contribution in [3.63, 3.8) is 0 Å². The monoisotopic (exact) mass is 418 g/mol. The van der Waals surface area contributed by atoms with Crippen molar-refractivity contribution in [3.05, 3.63) is 19.0 Å². The fourth-order valence-corrected chi connectivity index (χ4v) is 3.10. The molecule has 0 aromatic carbocycles. The van der Waals surface area contributed by atoms with E-state index in [9.17, 15) is 0 Å². The molecular weight excluding hydrogens is 406 g/mol. The van der Waals surface area contributed by atoms with Crippen LogP contribution in [0.2, 0.25) is 0 Å². The van der Waals surface area contributed by atoms with Gasteiger partial charge in [0.2, 0.25) is 0 Å². The molecular formula is C9H12I2N2O. The Morgan fingerprint density at radius 1 is 1.57 bits per heavy atom. The van der Waals surface area contributed by atoms with Crippen LogP contribution in [-0.2, 0) is 0 Å². The Bertz CT molecular complexity index is 331. The van der Waals surface area contributed by atoms with Crippen LogP contribution in [0.3, 0.4) is 0 Å². The molecule has 0 amide bonds. The zero-order chi connectivity index (χ0) is 10.7. The van der Waals surface area contributed by atoms with Crippen LogP contribution in [0.5, 0.6) is 5.75 Å². The molecule has 78 valence electrons. The Kier molecular flexibility index (Phi) is 4.84. The number of aromatic nitrogens is 1. The lowest BCUT2D eigenvalue weighted by Crippen LogP contribution is -2.13. The summed E-state index contributed by atoms with van der Waals surface area (Å²) in [5, 5.41) is 0. The predicted molar refractivity (Wildman–Crippen MR) is 73.4 cm³/mol. The molecule has 1 atom stereocenters. The third-order valence-corrected chi connectivity index (χ3v) is 3.27. The number of ether oxygens (including phenoxy) is 1. The number of hydrogen-bond acceptors (Lipinski definition) is 3. The van der Waals surface area contributed by atoms with E-state index in [-0.39, 0.29) is 6.04 Å². The second-order valence-corrected chi connectivity index (χ2v) is 5.13. The van der Waals surface area contributed by atoms with E-state index < -0.39 is 0 Å². The van der Waals surface area contributed by atoms with Crippen molar-refractivity contribution in [2.75, 3.05) is 7.11 Å². The van der Waals surface area contributed by atoms with Gasteiger partial charge in [0.05, 0.1) is 16.7 Å². The van der Waals surface area contributed by atoms with Crippen molar-refractivity contribution in [2.24, 2.45) is 5.73 Å². The van der Waals surface area contributed by atoms with Gasteiger partial charge in [0.25, 0.3) is 0 Å². The molecule has 0 saturated heterocycles. The minimum atomic E-state index is -0.0480. The van der Waals surface area contributed by atoms with Crippen molar-refractivity contribution in [1.82, 2.24) is 4.98 Å². The van der Waals surface area contributed by atoms with Crippen LogP contribution >= 0.6 is 45.2 Å². The van der Waals surface area contributed by atoms with Crippen LogP contribution < -0.4 is 10.5 Å². The first-order valence-corrected chi connectivity index (χ1v) is 6.41. The van der Waals surface area contributed by atoms with Gasteiger partial charge in [-0.25, -0.2) is 4.98 Å². The highest BCUT2D eigenvalue weighted by molar-refractivity contribution is 14.1. The van der Waals surface area contributed by atoms with Crippen molar-refractivity contribution in [3.8, 4) is 5.75 Å². The summed E-state index contributed by atoms with van der Waals surface area (Å²) in [5.74, 6) is 0.806. The van der Waals surface area contributed by atoms with E-state index >= 15 is 0 Å². The highest BCUT2D eigenvalue weighted by Gasteiger charge is 2.15. The number of halogens is 2. The first-order chi connectivity index (χ1) is 6.60. The highest BCUT2D eigenvalue weighted by Crippen LogP contribution is 2.29. The molecule has 0 spiro atoms. The molecule has 0 radical (unpaired) electrons. The molecule has 1 unspecified atom stereocenters. The van der Waals surface area contributed by atoms with E-state index in [0.29, 0.717) is 0 Å². The maximum Gasteiger partial charge on any atom is 0.155 e. The zero-order valence-electron chi connectivity index (χ0n) is 8.05. The van der Waals surface area contributed by atoms with Crippen molar-refractivity contribution < 1.29 is 4.74 Å². The summed E-state index contributed by atoms with van der Waals surface area (Å²) >= 11 is 4.42. The average molecular weight is 418 g/mol. The first kappa shape index (κ1) is 12.4. The van der Waals surface area contributed by atoms with Crippen LogP contribution in [0.4, 0.5) is 0 Å². The number of rotatable bonds is 3. The lowest BCUT2D eigenvalue weighted by Gasteiger charge is -2.14. The van der Waals surface area contributed by atoms with Gasteiger partial charge in [-0.2, -0.15) is 0 Å². The predicted octanol–water partition coefficient (Wildman–Crippen LogP) is 2.71. The number of hydrogen-bond donors (Lipinski definition) is 1. The smallest absolute Gasteiger partial charge is 0.155 e. The van der Waals surface area contributed by atoms with E-state index in [4.69, 9.17) is 10.5 Å². The van der Waals surface area contributed by atoms with E-state index in [1.807, 2.05) is 13.0 Å². The van der Waals surface area contributed by atoms with Crippen LogP contribution in [-0.4, -0.2) is 12.1 Å². The third kappa shape index (κ3) is 2.69. The molecule has 5 heteroatoms. The normalized spacial score (nSPS) is 12.6. The van der Waals surface area contributed by atoms with Crippen LogP contribution in [0.25, 0.3) is 0 Å². The number of methoxy groups -OCH3 is 1. The Balaban J connectivity index is 3.24. The summed E-state index contributed by atoms with van der Waals surface area (Å²) in [7, 11) is 1.65. The molecule has 1 heterocycles. The van der Waals surface area contributed by atoms with Gasteiger partial charge in [0, 0.05) is 0 Å². The fourth-order valence-electron chi connectivity index (χ4n) is 1.14. The summed E-state index contributed by atoms with van der Waals surface area (Å²) in [6.45, 7) is 2.04. The lowest BCUT2D eigenvalue weighted by atomic mass is 10.1. The topological polar surface area (TPSA) is 48.1 Å². The molecule has 0 aliphatic heterocycles. The Morgan fingerprint density at radius 2 is 2.21 bits per heavy atom. The van der Waals surface area contributed by atoms with E-state index in [2.05, 4.69) is 50.2 Å². The second kappa shape index (κ2) is 5.45. The Hall–Kier alpha value is 0.370. The average Bonchev–Trinajstić information content (AvgIpc) is 2.15. The minimum Gasteiger partial charge on any atom is -0.494 e. The summed E-state index contributed by atoms with van der Waals surface area (Å²) in [6.07, 6.45) is 0.861. The van der Waals surface area contributed by atoms with Crippen molar-refractivity contribution >= 4 is 45.2 Å². The summed E-state index contributed by atoms with van der Waals surface area (Å²) in [4.78, 5) is 4.41. The summed E-state index contributed by atoms with van der Waals surface area (Å²) < 4.78 is 7.31. The van der Waals surface area contributed by atoms with E-state index in [1.165, 1.54) is 0 Å². The Morgan fingerprint density at radius 3 is 2.71 bits per heavy atom. The SMILES string of the molecule is CCC(N)c1nc(I)cc(I)c1OC. The van der Waals surface area contributed by atoms with Gasteiger partial charge in [-0.1, -0.05) is 6.92 Å². The molecule has 14 heavy (non-hydrogen) atoms. The maximum atomic E-state index is 5.96. The van der Waals surface area contributed by atoms with Crippen molar-refractivity contribution in [1.29, 1.82) is 0 Å². The molecule has 0 aliphatic carbocycles. The van der Waals surface area contributed by atoms with Gasteiger partial charge in [-0.15, -0.1) is 0 Å². The number of nitrogens with zero attached hydrogens (tertiary/aromatic N) is 1. The van der Waals surface area contributed by atoms with Gasteiger partial charge in [0.15, 0.2) is 5.75 Å². The first-order valence-electron chi connectivity index (χ1n) is 4.25. The van der Waals surface area contributed by atoms with Crippen LogP contribution in [0.15, 0.2) is 6.07 Å². The van der Waals surface area contributed by atoms with Crippen LogP contribution in [0, 0.1) is 7.27 Å². The number of nitrogens with two attached hydrogens (primary N) is 1. The largest absolute Gasteiger partial charge is 0.494 e. The van der Waals surface area contributed by atoms with E-state index in [0.717, 1.165) is 25.1 Å². The molecule has 0 bridgehead atoms. The van der Waals surface area contributed by atoms with Crippen molar-refractivity contribution in [2.45, 2.75) is 19.4 Å². The quantitative estimate of drug-likeness (QED) is 0.607. The molecule has 0 fully saturated rings. The highest BCUT2D eigenvalue weighted by atomic mass is 127. The van der Waals surface area contributed by atoms with Gasteiger partial charge < -0.3 is 10.5 Å². The van der Waals surface area contributed by atoms with Gasteiger partial charge >= 0.3 is 0 Å². The molecule has 2 N–H and O–H groups in total. The molecule has 0 saturated carbocycles. The maximum absolute atomic E-state index is 5.96. The minimum absolute atomic E-state index is 0.0480. The third-order valence-electron chi connectivity index (χ3n) is 1.92. The molecule has 1 aromatic rings. The molecule has 1 aromatic heterocycles. The second-order valence-electron chi connectivity index (χ2n) is 2.86. The molecule has 0 aliphatic rings. The zero-order valence-corrected chi connectivity index (χ0v) is 12.4. The lowest BCUT2D eigenvalue weighted by molar-refractivity contribution is 0.397. The van der Waals surface area contributed by atoms with Crippen LogP contribution in [0.1, 0.15) is 25.1 Å².